The fourth-order valence-electron chi connectivity index (χ4n) is 3.57. The minimum absolute atomic E-state index is 0.0510. The lowest BCUT2D eigenvalue weighted by atomic mass is 10.1. The van der Waals surface area contributed by atoms with Gasteiger partial charge in [-0.3, -0.25) is 9.59 Å². The zero-order chi connectivity index (χ0) is 20.4. The van der Waals surface area contributed by atoms with Gasteiger partial charge in [0, 0.05) is 42.1 Å². The van der Waals surface area contributed by atoms with Gasteiger partial charge < -0.3 is 19.5 Å². The summed E-state index contributed by atoms with van der Waals surface area (Å²) < 4.78 is 5.24. The molecule has 1 aromatic heterocycles. The van der Waals surface area contributed by atoms with E-state index in [1.54, 1.807) is 24.1 Å². The molecule has 2 aromatic carbocycles. The summed E-state index contributed by atoms with van der Waals surface area (Å²) >= 11 is 5.89. The molecule has 0 aliphatic carbocycles. The number of H-pyrrole nitrogens is 1. The Hall–Kier alpha value is -2.99. The third-order valence-corrected chi connectivity index (χ3v) is 5.50. The highest BCUT2D eigenvalue weighted by molar-refractivity contribution is 6.30. The van der Waals surface area contributed by atoms with E-state index in [9.17, 15) is 9.59 Å². The Morgan fingerprint density at radius 1 is 1.00 bits per heavy atom. The number of rotatable bonds is 4. The lowest BCUT2D eigenvalue weighted by molar-refractivity contribution is -0.131. The highest BCUT2D eigenvalue weighted by Crippen LogP contribution is 2.22. The summed E-state index contributed by atoms with van der Waals surface area (Å²) in [5.74, 6) is 0.769. The summed E-state index contributed by atoms with van der Waals surface area (Å²) in [5, 5.41) is 1.59. The number of nitrogens with one attached hydrogen (secondary N) is 1. The second-order valence-corrected chi connectivity index (χ2v) is 7.55. The average Bonchev–Trinajstić information content (AvgIpc) is 3.18. The summed E-state index contributed by atoms with van der Waals surface area (Å²) in [4.78, 5) is 32.2. The summed E-state index contributed by atoms with van der Waals surface area (Å²) in [5.41, 5.74) is 2.38. The number of benzene rings is 2. The summed E-state index contributed by atoms with van der Waals surface area (Å²) in [7, 11) is 1.62. The van der Waals surface area contributed by atoms with Crippen LogP contribution >= 0.6 is 11.6 Å². The van der Waals surface area contributed by atoms with Gasteiger partial charge in [0.25, 0.3) is 5.91 Å². The van der Waals surface area contributed by atoms with E-state index in [0.29, 0.717) is 43.3 Å². The number of hydrogen-bond acceptors (Lipinski definition) is 3. The average molecular weight is 412 g/mol. The number of amides is 2. The van der Waals surface area contributed by atoms with Crippen molar-refractivity contribution in [2.45, 2.75) is 6.42 Å². The summed E-state index contributed by atoms with van der Waals surface area (Å²) in [6.45, 7) is 2.10. The van der Waals surface area contributed by atoms with Crippen LogP contribution in [0.5, 0.6) is 5.75 Å². The van der Waals surface area contributed by atoms with Gasteiger partial charge in [-0.1, -0.05) is 23.7 Å². The van der Waals surface area contributed by atoms with Crippen LogP contribution in [-0.2, 0) is 11.2 Å². The van der Waals surface area contributed by atoms with Crippen LogP contribution in [0.25, 0.3) is 10.9 Å². The first-order valence-electron chi connectivity index (χ1n) is 9.52. The SMILES string of the molecule is COc1ccc2[nH]c(C(=O)N3CCN(C(=O)Cc4ccc(Cl)cc4)CC3)cc2c1. The first kappa shape index (κ1) is 19.3. The van der Waals surface area contributed by atoms with Crippen molar-refractivity contribution in [1.82, 2.24) is 14.8 Å². The first-order chi connectivity index (χ1) is 14.0. The number of carbonyl (C=O) groups is 2. The van der Waals surface area contributed by atoms with Crippen LogP contribution in [0, 0.1) is 0 Å². The van der Waals surface area contributed by atoms with E-state index in [4.69, 9.17) is 16.3 Å². The number of hydrogen-bond donors (Lipinski definition) is 1. The van der Waals surface area contributed by atoms with Crippen molar-refractivity contribution in [3.05, 3.63) is 64.8 Å². The van der Waals surface area contributed by atoms with Crippen molar-refractivity contribution in [1.29, 1.82) is 0 Å². The number of fused-ring (bicyclic) bond motifs is 1. The number of carbonyl (C=O) groups excluding carboxylic acids is 2. The quantitative estimate of drug-likeness (QED) is 0.716. The lowest BCUT2D eigenvalue weighted by Gasteiger charge is -2.34. The zero-order valence-corrected chi connectivity index (χ0v) is 16.9. The Balaban J connectivity index is 1.37. The molecule has 0 bridgehead atoms. The van der Waals surface area contributed by atoms with Crippen molar-refractivity contribution < 1.29 is 14.3 Å². The summed E-state index contributed by atoms with van der Waals surface area (Å²) in [6.07, 6.45) is 0.342. The molecular weight excluding hydrogens is 390 g/mol. The van der Waals surface area contributed by atoms with Crippen LogP contribution < -0.4 is 4.74 Å². The van der Waals surface area contributed by atoms with Crippen molar-refractivity contribution >= 4 is 34.3 Å². The monoisotopic (exact) mass is 411 g/mol. The minimum atomic E-state index is -0.0510. The maximum atomic E-state index is 12.9. The second-order valence-electron chi connectivity index (χ2n) is 7.11. The Kier molecular flexibility index (Phi) is 5.45. The number of aromatic nitrogens is 1. The first-order valence-corrected chi connectivity index (χ1v) is 9.89. The number of piperazine rings is 1. The molecule has 4 rings (SSSR count). The van der Waals surface area contributed by atoms with Crippen LogP contribution in [0.1, 0.15) is 16.1 Å². The molecule has 3 aromatic rings. The molecule has 1 aliphatic heterocycles. The van der Waals surface area contributed by atoms with Gasteiger partial charge in [-0.15, -0.1) is 0 Å². The van der Waals surface area contributed by atoms with Gasteiger partial charge in [-0.25, -0.2) is 0 Å². The van der Waals surface area contributed by atoms with Crippen molar-refractivity contribution in [2.24, 2.45) is 0 Å². The fourth-order valence-corrected chi connectivity index (χ4v) is 3.70. The van der Waals surface area contributed by atoms with E-state index in [-0.39, 0.29) is 11.8 Å². The van der Waals surface area contributed by atoms with Gasteiger partial charge >= 0.3 is 0 Å². The molecule has 2 heterocycles. The van der Waals surface area contributed by atoms with E-state index in [0.717, 1.165) is 22.2 Å². The zero-order valence-electron chi connectivity index (χ0n) is 16.2. The predicted molar refractivity (Wildman–Crippen MR) is 112 cm³/mol. The van der Waals surface area contributed by atoms with Gasteiger partial charge in [0.15, 0.2) is 0 Å². The molecule has 1 N–H and O–H groups in total. The molecule has 6 nitrogen and oxygen atoms in total. The highest BCUT2D eigenvalue weighted by atomic mass is 35.5. The molecule has 0 saturated carbocycles. The van der Waals surface area contributed by atoms with Crippen LogP contribution in [-0.4, -0.2) is 59.9 Å². The molecule has 150 valence electrons. The minimum Gasteiger partial charge on any atom is -0.497 e. The molecule has 1 saturated heterocycles. The highest BCUT2D eigenvalue weighted by Gasteiger charge is 2.25. The van der Waals surface area contributed by atoms with Crippen LogP contribution in [0.3, 0.4) is 0 Å². The van der Waals surface area contributed by atoms with Gasteiger partial charge in [0.1, 0.15) is 11.4 Å². The standard InChI is InChI=1S/C22H22ClN3O3/c1-29-18-6-7-19-16(13-18)14-20(24-19)22(28)26-10-8-25(9-11-26)21(27)12-15-2-4-17(23)5-3-15/h2-7,13-14,24H,8-12H2,1H3. The number of methoxy groups -OCH3 is 1. The normalized spacial score (nSPS) is 14.3. The van der Waals surface area contributed by atoms with Gasteiger partial charge in [-0.05, 0) is 42.0 Å². The van der Waals surface area contributed by atoms with E-state index in [2.05, 4.69) is 4.98 Å². The molecule has 1 aliphatic rings. The third kappa shape index (κ3) is 4.22. The Morgan fingerprint density at radius 3 is 2.38 bits per heavy atom. The molecule has 7 heteroatoms. The lowest BCUT2D eigenvalue weighted by Crippen LogP contribution is -2.51. The number of nitrogens with zero attached hydrogens (tertiary/aromatic N) is 2. The van der Waals surface area contributed by atoms with E-state index in [1.165, 1.54) is 0 Å². The third-order valence-electron chi connectivity index (χ3n) is 5.25. The maximum Gasteiger partial charge on any atom is 0.270 e. The van der Waals surface area contributed by atoms with Gasteiger partial charge in [-0.2, -0.15) is 0 Å². The van der Waals surface area contributed by atoms with Crippen molar-refractivity contribution in [3.63, 3.8) is 0 Å². The molecule has 0 radical (unpaired) electrons. The smallest absolute Gasteiger partial charge is 0.270 e. The van der Waals surface area contributed by atoms with Crippen LogP contribution in [0.4, 0.5) is 0 Å². The van der Waals surface area contributed by atoms with Crippen LogP contribution in [0.2, 0.25) is 5.02 Å². The van der Waals surface area contributed by atoms with Gasteiger partial charge in [0.05, 0.1) is 13.5 Å². The molecule has 0 spiro atoms. The van der Waals surface area contributed by atoms with E-state index < -0.39 is 0 Å². The predicted octanol–water partition coefficient (Wildman–Crippen LogP) is 3.36. The van der Waals surface area contributed by atoms with Gasteiger partial charge in [0.2, 0.25) is 5.91 Å². The topological polar surface area (TPSA) is 65.6 Å². The van der Waals surface area contributed by atoms with Crippen LogP contribution in [0.15, 0.2) is 48.5 Å². The molecule has 2 amide bonds. The molecular formula is C22H22ClN3O3. The molecule has 29 heavy (non-hydrogen) atoms. The fraction of sp³-hybridized carbons (Fsp3) is 0.273. The second kappa shape index (κ2) is 8.17. The summed E-state index contributed by atoms with van der Waals surface area (Å²) in [6, 6.07) is 14.8. The number of ether oxygens (including phenoxy) is 1. The van der Waals surface area contributed by atoms with E-state index >= 15 is 0 Å². The van der Waals surface area contributed by atoms with Crippen molar-refractivity contribution in [3.8, 4) is 5.75 Å². The largest absolute Gasteiger partial charge is 0.497 e. The Bertz CT molecular complexity index is 1040. The Morgan fingerprint density at radius 2 is 1.69 bits per heavy atom. The Labute approximate surface area is 174 Å². The molecule has 0 unspecified atom stereocenters. The number of halogens is 1. The molecule has 1 fully saturated rings. The van der Waals surface area contributed by atoms with E-state index in [1.807, 2.05) is 41.3 Å². The number of aromatic amines is 1. The van der Waals surface area contributed by atoms with Crippen molar-refractivity contribution in [2.75, 3.05) is 33.3 Å². The molecule has 0 atom stereocenters. The maximum absolute atomic E-state index is 12.9.